The van der Waals surface area contributed by atoms with E-state index in [9.17, 15) is 9.59 Å². The summed E-state index contributed by atoms with van der Waals surface area (Å²) < 4.78 is 2.23. The van der Waals surface area contributed by atoms with Crippen molar-refractivity contribution >= 4 is 57.4 Å². The maximum atomic E-state index is 12.6. The van der Waals surface area contributed by atoms with Crippen LogP contribution in [-0.2, 0) is 0 Å². The van der Waals surface area contributed by atoms with E-state index in [0.29, 0.717) is 34.3 Å². The topological polar surface area (TPSA) is 86.1 Å². The van der Waals surface area contributed by atoms with Crippen LogP contribution < -0.4 is 10.7 Å². The third-order valence-electron chi connectivity index (χ3n) is 10.6. The van der Waals surface area contributed by atoms with Crippen molar-refractivity contribution in [1.82, 2.24) is 24.3 Å². The van der Waals surface area contributed by atoms with Crippen molar-refractivity contribution in [3.05, 3.63) is 136 Å². The summed E-state index contributed by atoms with van der Waals surface area (Å²) in [5.41, 5.74) is 7.56. The lowest BCUT2D eigenvalue weighted by molar-refractivity contribution is 0.0651. The van der Waals surface area contributed by atoms with Crippen molar-refractivity contribution in [2.24, 2.45) is 4.99 Å². The molecule has 55 heavy (non-hydrogen) atoms. The Bertz CT molecular complexity index is 2320. The SMILES string of the molecule is O=C1c2ccccc2C(=O)N1CCCCCCN1CCN(CCN=c2cc3n(-c4ccc(Cl)cc4)c4ccccc4nc-3cc2Nc2ccc(Cl)cc2)CC1. The van der Waals surface area contributed by atoms with Gasteiger partial charge in [0.1, 0.15) is 0 Å². The average molecular weight is 773 g/mol. The maximum absolute atomic E-state index is 12.6. The lowest BCUT2D eigenvalue weighted by Crippen LogP contribution is -2.47. The molecule has 4 aromatic rings. The molecule has 3 heterocycles. The number of carbonyl (C=O) groups is 2. The molecule has 0 bridgehead atoms. The number of nitrogens with zero attached hydrogens (tertiary/aromatic N) is 6. The fourth-order valence-corrected chi connectivity index (χ4v) is 7.83. The Morgan fingerprint density at radius 2 is 1.25 bits per heavy atom. The zero-order valence-electron chi connectivity index (χ0n) is 30.6. The molecule has 0 radical (unpaired) electrons. The predicted octanol–water partition coefficient (Wildman–Crippen LogP) is 8.56. The lowest BCUT2D eigenvalue weighted by atomic mass is 10.1. The van der Waals surface area contributed by atoms with Crippen molar-refractivity contribution < 1.29 is 9.59 Å². The molecule has 4 aromatic carbocycles. The van der Waals surface area contributed by atoms with Crippen LogP contribution in [0.2, 0.25) is 10.0 Å². The Kier molecular flexibility index (Phi) is 11.2. The number of halogens is 2. The largest absolute Gasteiger partial charge is 0.354 e. The summed E-state index contributed by atoms with van der Waals surface area (Å²) in [5.74, 6) is -0.321. The molecule has 0 atom stereocenters. The molecule has 4 aliphatic rings. The molecule has 280 valence electrons. The maximum Gasteiger partial charge on any atom is 0.261 e. The Balaban J connectivity index is 0.901. The number of aromatic nitrogens is 2. The van der Waals surface area contributed by atoms with E-state index in [2.05, 4.69) is 37.9 Å². The van der Waals surface area contributed by atoms with Gasteiger partial charge in [-0.1, -0.05) is 60.3 Å². The van der Waals surface area contributed by atoms with Crippen LogP contribution in [0.5, 0.6) is 0 Å². The zero-order valence-corrected chi connectivity index (χ0v) is 32.1. The molecular formula is C44H43Cl2N7O2. The number of unbranched alkanes of at least 4 members (excludes halogenated alkanes) is 3. The highest BCUT2D eigenvalue weighted by molar-refractivity contribution is 6.31. The van der Waals surface area contributed by atoms with Gasteiger partial charge in [-0.25, -0.2) is 4.98 Å². The van der Waals surface area contributed by atoms with Crippen LogP contribution in [0.3, 0.4) is 0 Å². The number of fused-ring (bicyclic) bond motifs is 3. The van der Waals surface area contributed by atoms with Gasteiger partial charge >= 0.3 is 0 Å². The van der Waals surface area contributed by atoms with Crippen LogP contribution in [0.4, 0.5) is 11.4 Å². The van der Waals surface area contributed by atoms with Gasteiger partial charge in [-0.05, 0) is 104 Å². The highest BCUT2D eigenvalue weighted by atomic mass is 35.5. The first-order valence-electron chi connectivity index (χ1n) is 19.1. The van der Waals surface area contributed by atoms with Gasteiger partial charge in [0.05, 0.1) is 51.1 Å². The molecular weight excluding hydrogens is 729 g/mol. The number of piperazine rings is 1. The van der Waals surface area contributed by atoms with E-state index in [1.165, 1.54) is 4.90 Å². The van der Waals surface area contributed by atoms with Gasteiger partial charge < -0.3 is 14.8 Å². The van der Waals surface area contributed by atoms with Gasteiger partial charge in [0.15, 0.2) is 0 Å². The second-order valence-corrected chi connectivity index (χ2v) is 15.1. The van der Waals surface area contributed by atoms with E-state index in [-0.39, 0.29) is 11.8 Å². The van der Waals surface area contributed by atoms with Crippen LogP contribution in [0.25, 0.3) is 28.1 Å². The molecule has 3 aliphatic heterocycles. The van der Waals surface area contributed by atoms with Crippen LogP contribution in [0, 0.1) is 0 Å². The highest BCUT2D eigenvalue weighted by Crippen LogP contribution is 2.31. The van der Waals surface area contributed by atoms with Gasteiger partial charge in [0, 0.05) is 60.7 Å². The summed E-state index contributed by atoms with van der Waals surface area (Å²) in [5, 5.41) is 5.82. The first kappa shape index (κ1) is 36.9. The van der Waals surface area contributed by atoms with E-state index in [0.717, 1.165) is 110 Å². The van der Waals surface area contributed by atoms with Gasteiger partial charge in [-0.3, -0.25) is 24.4 Å². The van der Waals surface area contributed by atoms with Crippen LogP contribution in [0.1, 0.15) is 46.4 Å². The summed E-state index contributed by atoms with van der Waals surface area (Å²) in [6, 6.07) is 35.1. The Morgan fingerprint density at radius 3 is 1.95 bits per heavy atom. The van der Waals surface area contributed by atoms with E-state index >= 15 is 0 Å². The molecule has 1 aliphatic carbocycles. The molecule has 9 nitrogen and oxygen atoms in total. The van der Waals surface area contributed by atoms with Gasteiger partial charge in [0.25, 0.3) is 11.8 Å². The van der Waals surface area contributed by atoms with Gasteiger partial charge in [0.2, 0.25) is 0 Å². The number of hydrogen-bond acceptors (Lipinski definition) is 7. The number of carbonyl (C=O) groups excluding carboxylic acids is 2. The van der Waals surface area contributed by atoms with Crippen molar-refractivity contribution in [1.29, 1.82) is 0 Å². The molecule has 2 amide bonds. The standard InChI is InChI=1S/C44H43Cl2N7O2/c45-31-13-17-33(18-14-31)48-39-29-40-42(53(34-19-15-32(46)16-20-34)41-12-6-5-11-37(41)49-40)30-38(39)47-21-24-51-27-25-50(26-28-51)22-7-1-2-8-23-52-43(54)35-9-3-4-10-36(35)44(52)55/h3-6,9-20,29-30,48H,1-2,7-8,21-28H2. The van der Waals surface area contributed by atoms with Crippen LogP contribution in [0.15, 0.2) is 114 Å². The molecule has 1 fully saturated rings. The molecule has 11 heteroatoms. The molecule has 0 aromatic heterocycles. The van der Waals surface area contributed by atoms with E-state index in [4.69, 9.17) is 33.2 Å². The average Bonchev–Trinajstić information content (AvgIpc) is 3.45. The molecule has 0 unspecified atom stereocenters. The second kappa shape index (κ2) is 16.8. The first-order chi connectivity index (χ1) is 26.9. The molecule has 1 N–H and O–H groups in total. The number of imide groups is 1. The Hall–Kier alpha value is -5.06. The van der Waals surface area contributed by atoms with Crippen molar-refractivity contribution in [2.75, 3.05) is 57.7 Å². The number of amides is 2. The quantitative estimate of drug-likeness (QED) is 0.0720. The van der Waals surface area contributed by atoms with Crippen molar-refractivity contribution in [2.45, 2.75) is 25.7 Å². The summed E-state index contributed by atoms with van der Waals surface area (Å²) in [7, 11) is 0. The van der Waals surface area contributed by atoms with E-state index in [1.54, 1.807) is 12.1 Å². The number of hydrogen-bond donors (Lipinski definition) is 1. The zero-order chi connectivity index (χ0) is 37.7. The van der Waals surface area contributed by atoms with Crippen LogP contribution >= 0.6 is 23.2 Å². The predicted molar refractivity (Wildman–Crippen MR) is 221 cm³/mol. The number of anilines is 2. The fraction of sp³-hybridized carbons (Fsp3) is 0.273. The van der Waals surface area contributed by atoms with E-state index < -0.39 is 0 Å². The minimum absolute atomic E-state index is 0.160. The lowest BCUT2D eigenvalue weighted by Gasteiger charge is -2.34. The third kappa shape index (κ3) is 8.31. The fourth-order valence-electron chi connectivity index (χ4n) is 7.58. The number of nitrogens with one attached hydrogen (secondary N) is 1. The monoisotopic (exact) mass is 771 g/mol. The summed E-state index contributed by atoms with van der Waals surface area (Å²) in [6.45, 7) is 7.18. The Labute approximate surface area is 331 Å². The minimum Gasteiger partial charge on any atom is -0.354 e. The highest BCUT2D eigenvalue weighted by Gasteiger charge is 2.34. The van der Waals surface area contributed by atoms with Gasteiger partial charge in [-0.15, -0.1) is 0 Å². The second-order valence-electron chi connectivity index (χ2n) is 14.2. The normalized spacial score (nSPS) is 15.4. The van der Waals surface area contributed by atoms with E-state index in [1.807, 2.05) is 78.9 Å². The summed E-state index contributed by atoms with van der Waals surface area (Å²) >= 11 is 12.5. The summed E-state index contributed by atoms with van der Waals surface area (Å²) in [4.78, 5) is 42.0. The molecule has 0 spiro atoms. The molecule has 1 saturated heterocycles. The number of benzene rings is 5. The number of rotatable bonds is 13. The minimum atomic E-state index is -0.160. The summed E-state index contributed by atoms with van der Waals surface area (Å²) in [6.07, 6.45) is 4.04. The Morgan fingerprint density at radius 1 is 0.655 bits per heavy atom. The smallest absolute Gasteiger partial charge is 0.261 e. The molecule has 0 saturated carbocycles. The van der Waals surface area contributed by atoms with Crippen LogP contribution in [-0.4, -0.2) is 88.4 Å². The molecule has 8 rings (SSSR count). The van der Waals surface area contributed by atoms with Gasteiger partial charge in [-0.2, -0.15) is 0 Å². The third-order valence-corrected chi connectivity index (χ3v) is 11.1. The first-order valence-corrected chi connectivity index (χ1v) is 19.8. The van der Waals surface area contributed by atoms with Crippen molar-refractivity contribution in [3.63, 3.8) is 0 Å². The number of para-hydroxylation sites is 2. The van der Waals surface area contributed by atoms with Crippen molar-refractivity contribution in [3.8, 4) is 17.1 Å².